The van der Waals surface area contributed by atoms with Crippen molar-refractivity contribution in [3.8, 4) is 0 Å². The molecule has 0 aliphatic carbocycles. The number of carboxylic acid groups (broad SMARTS) is 1. The highest BCUT2D eigenvalue weighted by Crippen LogP contribution is 2.05. The second-order valence-corrected chi connectivity index (χ2v) is 3.88. The van der Waals surface area contributed by atoms with E-state index in [-0.39, 0.29) is 6.54 Å². The van der Waals surface area contributed by atoms with Crippen molar-refractivity contribution in [2.24, 2.45) is 5.73 Å². The van der Waals surface area contributed by atoms with E-state index in [0.717, 1.165) is 5.75 Å². The van der Waals surface area contributed by atoms with Crippen molar-refractivity contribution >= 4 is 34.3 Å². The maximum Gasteiger partial charge on any atom is 0.323 e. The number of thioether (sulfide) groups is 1. The van der Waals surface area contributed by atoms with Crippen LogP contribution in [0.25, 0.3) is 0 Å². The molecule has 0 radical (unpaired) electrons. The summed E-state index contributed by atoms with van der Waals surface area (Å²) in [6, 6.07) is 0. The van der Waals surface area contributed by atoms with Crippen LogP contribution >= 0.6 is 24.0 Å². The molecule has 0 aromatic carbocycles. The van der Waals surface area contributed by atoms with Gasteiger partial charge in [0.15, 0.2) is 0 Å². The van der Waals surface area contributed by atoms with Crippen molar-refractivity contribution in [2.45, 2.75) is 0 Å². The lowest BCUT2D eigenvalue weighted by Gasteiger charge is -2.16. The Kier molecular flexibility index (Phi) is 6.04. The molecular weight excluding hydrogens is 196 g/mol. The average molecular weight is 208 g/mol. The third kappa shape index (κ3) is 5.34. The molecule has 70 valence electrons. The average Bonchev–Trinajstić information content (AvgIpc) is 1.98. The zero-order valence-corrected chi connectivity index (χ0v) is 8.45. The molecule has 6 heteroatoms. The summed E-state index contributed by atoms with van der Waals surface area (Å²) in [4.78, 5) is 11.8. The number of hydrogen-bond donors (Lipinski definition) is 2. The first-order chi connectivity index (χ1) is 5.57. The van der Waals surface area contributed by atoms with Gasteiger partial charge in [0.2, 0.25) is 0 Å². The predicted molar refractivity (Wildman–Crippen MR) is 54.4 cm³/mol. The van der Waals surface area contributed by atoms with Gasteiger partial charge in [0.1, 0.15) is 10.9 Å². The molecule has 0 fully saturated rings. The van der Waals surface area contributed by atoms with E-state index in [0.29, 0.717) is 10.9 Å². The summed E-state index contributed by atoms with van der Waals surface area (Å²) in [5, 5.41) is 8.42. The van der Waals surface area contributed by atoms with Crippen LogP contribution < -0.4 is 5.73 Å². The van der Waals surface area contributed by atoms with E-state index in [1.165, 1.54) is 16.7 Å². The van der Waals surface area contributed by atoms with Crippen LogP contribution in [0.5, 0.6) is 0 Å². The van der Waals surface area contributed by atoms with Crippen LogP contribution in [0.4, 0.5) is 0 Å². The molecule has 0 aliphatic heterocycles. The Bertz CT molecular complexity index is 175. The van der Waals surface area contributed by atoms with Gasteiger partial charge in [0, 0.05) is 19.3 Å². The third-order valence-corrected chi connectivity index (χ3v) is 2.69. The lowest BCUT2D eigenvalue weighted by Crippen LogP contribution is -2.29. The Hall–Kier alpha value is -0.330. The van der Waals surface area contributed by atoms with Gasteiger partial charge in [-0.2, -0.15) is 0 Å². The van der Waals surface area contributed by atoms with Crippen molar-refractivity contribution in [2.75, 3.05) is 25.9 Å². The maximum atomic E-state index is 10.3. The van der Waals surface area contributed by atoms with Gasteiger partial charge in [-0.3, -0.25) is 4.79 Å². The van der Waals surface area contributed by atoms with Crippen molar-refractivity contribution in [1.82, 2.24) is 4.90 Å². The van der Waals surface area contributed by atoms with Crippen LogP contribution in [0.15, 0.2) is 0 Å². The van der Waals surface area contributed by atoms with E-state index in [4.69, 9.17) is 23.1 Å². The SMILES string of the molecule is CN(CC(=O)O)C(=S)SCCN. The fourth-order valence-corrected chi connectivity index (χ4v) is 1.42. The summed E-state index contributed by atoms with van der Waals surface area (Å²) in [5.74, 6) is -0.156. The Balaban J connectivity index is 3.69. The van der Waals surface area contributed by atoms with Crippen LogP contribution in [0.3, 0.4) is 0 Å². The molecule has 0 saturated heterocycles. The van der Waals surface area contributed by atoms with Crippen LogP contribution in [0.1, 0.15) is 0 Å². The van der Waals surface area contributed by atoms with Crippen molar-refractivity contribution in [3.05, 3.63) is 0 Å². The van der Waals surface area contributed by atoms with Gasteiger partial charge < -0.3 is 15.7 Å². The highest BCUT2D eigenvalue weighted by Gasteiger charge is 2.07. The quantitative estimate of drug-likeness (QED) is 0.633. The lowest BCUT2D eigenvalue weighted by molar-refractivity contribution is -0.137. The zero-order chi connectivity index (χ0) is 9.56. The maximum absolute atomic E-state index is 10.3. The molecule has 0 bridgehead atoms. The monoisotopic (exact) mass is 208 g/mol. The minimum atomic E-state index is -0.881. The van der Waals surface area contributed by atoms with Gasteiger partial charge in [-0.1, -0.05) is 24.0 Å². The molecule has 0 atom stereocenters. The van der Waals surface area contributed by atoms with E-state index in [1.54, 1.807) is 7.05 Å². The first-order valence-corrected chi connectivity index (χ1v) is 4.77. The van der Waals surface area contributed by atoms with E-state index >= 15 is 0 Å². The number of thiocarbonyl (C=S) groups is 1. The molecule has 0 aromatic heterocycles. The summed E-state index contributed by atoms with van der Waals surface area (Å²) in [6.45, 7) is 0.488. The molecule has 12 heavy (non-hydrogen) atoms. The lowest BCUT2D eigenvalue weighted by atomic mass is 10.6. The fraction of sp³-hybridized carbons (Fsp3) is 0.667. The standard InChI is InChI=1S/C6H12N2O2S2/c1-8(4-5(9)10)6(11)12-3-2-7/h2-4,7H2,1H3,(H,9,10). The summed E-state index contributed by atoms with van der Waals surface area (Å²) in [7, 11) is 1.65. The highest BCUT2D eigenvalue weighted by molar-refractivity contribution is 8.22. The highest BCUT2D eigenvalue weighted by atomic mass is 32.2. The predicted octanol–water partition coefficient (Wildman–Crippen LogP) is -0.0204. The van der Waals surface area contributed by atoms with Crippen molar-refractivity contribution in [1.29, 1.82) is 0 Å². The van der Waals surface area contributed by atoms with Gasteiger partial charge in [-0.15, -0.1) is 0 Å². The summed E-state index contributed by atoms with van der Waals surface area (Å²) in [6.07, 6.45) is 0. The molecule has 0 heterocycles. The molecule has 0 unspecified atom stereocenters. The number of hydrogen-bond acceptors (Lipinski definition) is 4. The van der Waals surface area contributed by atoms with Crippen LogP contribution in [-0.2, 0) is 4.79 Å². The summed E-state index contributed by atoms with van der Waals surface area (Å²) >= 11 is 6.33. The minimum absolute atomic E-state index is 0.0591. The van der Waals surface area contributed by atoms with Crippen molar-refractivity contribution in [3.63, 3.8) is 0 Å². The molecule has 0 aliphatic rings. The summed E-state index contributed by atoms with van der Waals surface area (Å²) < 4.78 is 0.572. The van der Waals surface area contributed by atoms with E-state index < -0.39 is 5.97 Å². The number of carboxylic acids is 1. The van der Waals surface area contributed by atoms with Crippen molar-refractivity contribution < 1.29 is 9.90 Å². The van der Waals surface area contributed by atoms with E-state index in [9.17, 15) is 4.79 Å². The number of aliphatic carboxylic acids is 1. The second kappa shape index (κ2) is 6.22. The molecular formula is C6H12N2O2S2. The Morgan fingerprint density at radius 2 is 2.33 bits per heavy atom. The minimum Gasteiger partial charge on any atom is -0.480 e. The first kappa shape index (κ1) is 11.7. The number of rotatable bonds is 4. The summed E-state index contributed by atoms with van der Waals surface area (Å²) in [5.41, 5.74) is 5.26. The normalized spacial score (nSPS) is 9.50. The van der Waals surface area contributed by atoms with Gasteiger partial charge in [0.25, 0.3) is 0 Å². The van der Waals surface area contributed by atoms with Gasteiger partial charge in [-0.25, -0.2) is 0 Å². The number of nitrogens with two attached hydrogens (primary N) is 1. The third-order valence-electron chi connectivity index (χ3n) is 1.03. The smallest absolute Gasteiger partial charge is 0.323 e. The number of likely N-dealkylation sites (N-methyl/N-ethyl adjacent to an activating group) is 1. The van der Waals surface area contributed by atoms with E-state index in [2.05, 4.69) is 0 Å². The molecule has 0 saturated carbocycles. The van der Waals surface area contributed by atoms with Crippen LogP contribution in [-0.4, -0.2) is 46.2 Å². The topological polar surface area (TPSA) is 66.6 Å². The van der Waals surface area contributed by atoms with Gasteiger partial charge >= 0.3 is 5.97 Å². The Morgan fingerprint density at radius 3 is 2.75 bits per heavy atom. The largest absolute Gasteiger partial charge is 0.480 e. The van der Waals surface area contributed by atoms with Gasteiger partial charge in [0.05, 0.1) is 0 Å². The zero-order valence-electron chi connectivity index (χ0n) is 6.82. The Morgan fingerprint density at radius 1 is 1.75 bits per heavy atom. The molecule has 0 spiro atoms. The number of carbonyl (C=O) groups is 1. The molecule has 3 N–H and O–H groups in total. The fourth-order valence-electron chi connectivity index (χ4n) is 0.524. The molecule has 4 nitrogen and oxygen atoms in total. The first-order valence-electron chi connectivity index (χ1n) is 3.37. The Labute approximate surface area is 81.1 Å². The van der Waals surface area contributed by atoms with Crippen LogP contribution in [0.2, 0.25) is 0 Å². The molecule has 0 amide bonds. The second-order valence-electron chi connectivity index (χ2n) is 2.15. The number of nitrogens with zero attached hydrogens (tertiary/aromatic N) is 1. The molecule has 0 rings (SSSR count). The van der Waals surface area contributed by atoms with E-state index in [1.807, 2.05) is 0 Å². The van der Waals surface area contributed by atoms with Crippen LogP contribution in [0, 0.1) is 0 Å². The molecule has 0 aromatic rings. The van der Waals surface area contributed by atoms with Gasteiger partial charge in [-0.05, 0) is 0 Å².